The minimum Gasteiger partial charge on any atom is -0.545 e. The first-order valence-electron chi connectivity index (χ1n) is 7.94. The minimum atomic E-state index is -1.92. The molecule has 0 saturated heterocycles. The first-order chi connectivity index (χ1) is 13.1. The van der Waals surface area contributed by atoms with Gasteiger partial charge in [0.15, 0.2) is 0 Å². The molecule has 2 rings (SSSR count). The van der Waals surface area contributed by atoms with E-state index in [1.807, 2.05) is 0 Å². The van der Waals surface area contributed by atoms with Crippen LogP contribution < -0.4 is 235 Å². The van der Waals surface area contributed by atoms with Gasteiger partial charge in [-0.05, 0) is 26.0 Å². The van der Waals surface area contributed by atoms with Crippen LogP contribution in [0.3, 0.4) is 0 Å². The molecule has 32 heavy (non-hydrogen) atoms. The van der Waals surface area contributed by atoms with E-state index >= 15 is 0 Å². The fourth-order valence-corrected chi connectivity index (χ4v) is 2.85. The van der Waals surface area contributed by atoms with Crippen LogP contribution in [-0.2, 0) is 0 Å². The van der Waals surface area contributed by atoms with Crippen LogP contribution in [0.15, 0.2) is 12.1 Å². The average Bonchev–Trinajstić information content (AvgIpc) is 2.59. The monoisotopic (exact) mass is 544 g/mol. The molecular weight excluding hydrogens is 533 g/mol. The number of fused-ring (bicyclic) bond motifs is 1. The van der Waals surface area contributed by atoms with Crippen LogP contribution >= 0.6 is 0 Å². The molecule has 0 N–H and O–H groups in total. The molecule has 0 aromatic heterocycles. The summed E-state index contributed by atoms with van der Waals surface area (Å²) in [4.78, 5) is 46.7. The second-order valence-corrected chi connectivity index (χ2v) is 5.36. The zero-order chi connectivity index (χ0) is 21.2. The average molecular weight is 545 g/mol. The zero-order valence-corrected chi connectivity index (χ0v) is 31.1. The number of carboxylic acids is 4. The largest absolute Gasteiger partial charge is 1.00 e. The molecule has 0 bridgehead atoms. The predicted molar refractivity (Wildman–Crippen MR) is 83.6 cm³/mol. The van der Waals surface area contributed by atoms with Gasteiger partial charge >= 0.3 is 206 Å². The summed E-state index contributed by atoms with van der Waals surface area (Å²) < 4.78 is 10.2. The molecule has 0 radical (unpaired) electrons. The Morgan fingerprint density at radius 1 is 0.625 bits per heavy atom. The Bertz CT molecular complexity index is 942. The third-order valence-electron chi connectivity index (χ3n) is 3.78. The van der Waals surface area contributed by atoms with E-state index in [4.69, 9.17) is 9.47 Å². The van der Waals surface area contributed by atoms with Crippen molar-refractivity contribution in [3.8, 4) is 11.5 Å². The summed E-state index contributed by atoms with van der Waals surface area (Å²) >= 11 is 0. The van der Waals surface area contributed by atoms with Crippen molar-refractivity contribution in [2.75, 3.05) is 13.2 Å². The first-order valence-corrected chi connectivity index (χ1v) is 7.94. The van der Waals surface area contributed by atoms with Crippen LogP contribution in [0.4, 0.5) is 0 Å². The summed E-state index contributed by atoms with van der Waals surface area (Å²) in [6, 6.07) is 1.43. The van der Waals surface area contributed by atoms with Gasteiger partial charge in [-0.15, -0.1) is 0 Å². The van der Waals surface area contributed by atoms with Gasteiger partial charge in [0.25, 0.3) is 0 Å². The van der Waals surface area contributed by atoms with Gasteiger partial charge in [0.1, 0.15) is 11.5 Å². The van der Waals surface area contributed by atoms with Crippen LogP contribution in [-0.4, -0.2) is 37.1 Å². The number of benzene rings is 2. The summed E-state index contributed by atoms with van der Waals surface area (Å²) in [5.41, 5.74) is -3.36. The van der Waals surface area contributed by atoms with Gasteiger partial charge in [0.2, 0.25) is 0 Å². The molecular formula is C18H12K4O10. The van der Waals surface area contributed by atoms with Crippen molar-refractivity contribution >= 4 is 34.6 Å². The normalized spacial score (nSPS) is 9.19. The Morgan fingerprint density at radius 2 is 0.906 bits per heavy atom. The van der Waals surface area contributed by atoms with Crippen molar-refractivity contribution in [3.63, 3.8) is 0 Å². The Balaban J connectivity index is -0.00000210. The number of rotatable bonds is 8. The maximum absolute atomic E-state index is 11.7. The molecule has 0 unspecified atom stereocenters. The second-order valence-electron chi connectivity index (χ2n) is 5.36. The molecule has 0 aliphatic rings. The molecule has 0 atom stereocenters. The van der Waals surface area contributed by atoms with Gasteiger partial charge in [-0.25, -0.2) is 0 Å². The van der Waals surface area contributed by atoms with Crippen molar-refractivity contribution < 1.29 is 255 Å². The molecule has 0 aliphatic carbocycles. The Kier molecular flexibility index (Phi) is 22.1. The molecule has 0 spiro atoms. The van der Waals surface area contributed by atoms with E-state index in [1.54, 1.807) is 0 Å². The van der Waals surface area contributed by atoms with E-state index < -0.39 is 68.4 Å². The van der Waals surface area contributed by atoms with Gasteiger partial charge in [0, 0.05) is 33.0 Å². The summed E-state index contributed by atoms with van der Waals surface area (Å²) in [5, 5.41) is 45.1. The maximum atomic E-state index is 11.7. The number of ether oxygens (including phenoxy) is 2. The quantitative estimate of drug-likeness (QED) is 0.290. The van der Waals surface area contributed by atoms with Crippen LogP contribution in [0.1, 0.15) is 55.3 Å². The summed E-state index contributed by atoms with van der Waals surface area (Å²) in [7, 11) is 0. The van der Waals surface area contributed by atoms with E-state index in [0.29, 0.717) is 12.1 Å². The van der Waals surface area contributed by atoms with Gasteiger partial charge < -0.3 is 49.1 Å². The van der Waals surface area contributed by atoms with Gasteiger partial charge in [-0.1, -0.05) is 0 Å². The van der Waals surface area contributed by atoms with E-state index in [-0.39, 0.29) is 219 Å². The number of carbonyl (C=O) groups is 4. The number of hydrogen-bond acceptors (Lipinski definition) is 10. The van der Waals surface area contributed by atoms with Crippen LogP contribution in [0.5, 0.6) is 11.5 Å². The van der Waals surface area contributed by atoms with Gasteiger partial charge in [0.05, 0.1) is 37.1 Å². The van der Waals surface area contributed by atoms with Crippen molar-refractivity contribution in [1.29, 1.82) is 0 Å². The van der Waals surface area contributed by atoms with Gasteiger partial charge in [-0.2, -0.15) is 0 Å². The molecule has 148 valence electrons. The molecule has 2 aromatic rings. The first kappa shape index (κ1) is 39.2. The molecule has 0 fully saturated rings. The van der Waals surface area contributed by atoms with Crippen molar-refractivity contribution in [2.45, 2.75) is 13.8 Å². The van der Waals surface area contributed by atoms with Crippen LogP contribution in [0.25, 0.3) is 10.8 Å². The minimum absolute atomic E-state index is 0. The number of aromatic carboxylic acids is 4. The van der Waals surface area contributed by atoms with E-state index in [2.05, 4.69) is 0 Å². The smallest absolute Gasteiger partial charge is 0.545 e. The second kappa shape index (κ2) is 18.1. The molecule has 0 aliphatic heterocycles. The predicted octanol–water partition coefficient (Wildman–Crippen LogP) is -14.9. The Labute approximate surface area is 353 Å². The zero-order valence-electron chi connectivity index (χ0n) is 18.7. The standard InChI is InChI=1S/C18H16O10.4K/c1-3-27-9-5-7(15(19)20)12-11(13(9)17(23)24)8(16(21)22)6-10(28-4-2)14(12)18(25)26;;;;/h5-6H,3-4H2,1-2H3,(H,19,20)(H,21,22)(H,23,24)(H,25,26);;;;/q;4*+1/p-4. The third-order valence-corrected chi connectivity index (χ3v) is 3.78. The Morgan fingerprint density at radius 3 is 1.09 bits per heavy atom. The fraction of sp³-hybridized carbons (Fsp3) is 0.222. The molecule has 10 nitrogen and oxygen atoms in total. The van der Waals surface area contributed by atoms with Crippen LogP contribution in [0, 0.1) is 0 Å². The fourth-order valence-electron chi connectivity index (χ4n) is 2.85. The molecule has 0 saturated carbocycles. The van der Waals surface area contributed by atoms with Crippen molar-refractivity contribution in [2.24, 2.45) is 0 Å². The van der Waals surface area contributed by atoms with E-state index in [1.165, 1.54) is 13.8 Å². The van der Waals surface area contributed by atoms with Crippen LogP contribution in [0.2, 0.25) is 0 Å². The summed E-state index contributed by atoms with van der Waals surface area (Å²) in [6.45, 7) is 2.71. The number of carboxylic acid groups (broad SMARTS) is 4. The summed E-state index contributed by atoms with van der Waals surface area (Å²) in [5.74, 6) is -8.73. The van der Waals surface area contributed by atoms with E-state index in [9.17, 15) is 39.6 Å². The summed E-state index contributed by atoms with van der Waals surface area (Å²) in [6.07, 6.45) is 0. The molecule has 0 amide bonds. The SMILES string of the molecule is CCOc1cc(C(=O)[O-])c2c(C(=O)[O-])c(OCC)cc(C(=O)[O-])c2c1C(=O)[O-].[K+].[K+].[K+].[K+]. The number of hydrogen-bond donors (Lipinski definition) is 0. The van der Waals surface area contributed by atoms with E-state index in [0.717, 1.165) is 0 Å². The van der Waals surface area contributed by atoms with Gasteiger partial charge in [-0.3, -0.25) is 0 Å². The maximum Gasteiger partial charge on any atom is 1.00 e. The Hall–Kier alpha value is 2.73. The molecule has 2 aromatic carbocycles. The third kappa shape index (κ3) is 8.93. The number of carbonyl (C=O) groups excluding carboxylic acids is 4. The molecule has 0 heterocycles. The van der Waals surface area contributed by atoms with Crippen molar-refractivity contribution in [1.82, 2.24) is 0 Å². The van der Waals surface area contributed by atoms with Crippen molar-refractivity contribution in [3.05, 3.63) is 34.4 Å². The topological polar surface area (TPSA) is 179 Å². The molecule has 14 heteroatoms.